The Balaban J connectivity index is 1.45. The van der Waals surface area contributed by atoms with Gasteiger partial charge in [-0.15, -0.1) is 16.9 Å². The summed E-state index contributed by atoms with van der Waals surface area (Å²) in [7, 11) is 0. The lowest BCUT2D eigenvalue weighted by Crippen LogP contribution is -2.25. The standard InChI is InChI=1S/C17H15N5OS/c1-10-5-6-11-9-14(24-13(11)8-10)16(23)20-17-19-15(21-22-17)12-4-2-3-7-18-12/h2-8,14H,9H2,1H3,(H2,19,20,21,22,23)/t14-/m0/s1. The van der Waals surface area contributed by atoms with Crippen LogP contribution >= 0.6 is 11.8 Å². The van der Waals surface area contributed by atoms with Crippen LogP contribution in [0.2, 0.25) is 0 Å². The fraction of sp³-hybridized carbons (Fsp3) is 0.176. The summed E-state index contributed by atoms with van der Waals surface area (Å²) in [5, 5.41) is 9.48. The first kappa shape index (κ1) is 14.9. The third-order valence-electron chi connectivity index (χ3n) is 3.82. The SMILES string of the molecule is Cc1ccc2c(c1)S[C@H](C(=O)Nc1n[nH]c(-c3ccccn3)n1)C2. The molecule has 7 heteroatoms. The average molecular weight is 337 g/mol. The Morgan fingerprint density at radius 2 is 2.25 bits per heavy atom. The van der Waals surface area contributed by atoms with E-state index in [2.05, 4.69) is 50.6 Å². The Morgan fingerprint density at radius 3 is 3.08 bits per heavy atom. The number of nitrogens with zero attached hydrogens (tertiary/aromatic N) is 3. The van der Waals surface area contributed by atoms with Crippen LogP contribution in [0.3, 0.4) is 0 Å². The number of amides is 1. The highest BCUT2D eigenvalue weighted by molar-refractivity contribution is 8.01. The van der Waals surface area contributed by atoms with Gasteiger partial charge in [0.1, 0.15) is 5.69 Å². The molecule has 3 heterocycles. The van der Waals surface area contributed by atoms with Gasteiger partial charge in [-0.25, -0.2) is 0 Å². The second-order valence-corrected chi connectivity index (χ2v) is 6.88. The van der Waals surface area contributed by atoms with Gasteiger partial charge in [0.15, 0.2) is 5.82 Å². The summed E-state index contributed by atoms with van der Waals surface area (Å²) in [6, 6.07) is 11.8. The molecule has 1 atom stereocenters. The molecule has 3 aromatic rings. The van der Waals surface area contributed by atoms with Crippen LogP contribution < -0.4 is 5.32 Å². The van der Waals surface area contributed by atoms with Crippen molar-refractivity contribution in [3.05, 3.63) is 53.7 Å². The van der Waals surface area contributed by atoms with Crippen molar-refractivity contribution < 1.29 is 4.79 Å². The van der Waals surface area contributed by atoms with Gasteiger partial charge in [0.05, 0.1) is 5.25 Å². The minimum atomic E-state index is -0.154. The zero-order chi connectivity index (χ0) is 16.5. The summed E-state index contributed by atoms with van der Waals surface area (Å²) in [4.78, 5) is 22.1. The highest BCUT2D eigenvalue weighted by Gasteiger charge is 2.29. The molecule has 6 nitrogen and oxygen atoms in total. The summed E-state index contributed by atoms with van der Waals surface area (Å²) in [6.07, 6.45) is 2.41. The maximum atomic E-state index is 12.5. The number of carbonyl (C=O) groups excluding carboxylic acids is 1. The number of nitrogens with one attached hydrogen (secondary N) is 2. The Hall–Kier alpha value is -2.67. The second kappa shape index (κ2) is 6.09. The van der Waals surface area contributed by atoms with Gasteiger partial charge in [0.25, 0.3) is 0 Å². The zero-order valence-corrected chi connectivity index (χ0v) is 13.8. The Morgan fingerprint density at radius 1 is 1.33 bits per heavy atom. The minimum Gasteiger partial charge on any atom is -0.292 e. The highest BCUT2D eigenvalue weighted by Crippen LogP contribution is 2.37. The topological polar surface area (TPSA) is 83.6 Å². The van der Waals surface area contributed by atoms with Crippen LogP contribution in [-0.2, 0) is 11.2 Å². The number of hydrogen-bond donors (Lipinski definition) is 2. The first-order chi connectivity index (χ1) is 11.7. The highest BCUT2D eigenvalue weighted by atomic mass is 32.2. The summed E-state index contributed by atoms with van der Waals surface area (Å²) in [5.41, 5.74) is 3.11. The van der Waals surface area contributed by atoms with Gasteiger partial charge in [-0.1, -0.05) is 23.8 Å². The Kier molecular flexibility index (Phi) is 3.78. The number of benzene rings is 1. The largest absolute Gasteiger partial charge is 0.292 e. The third kappa shape index (κ3) is 2.90. The van der Waals surface area contributed by atoms with Gasteiger partial charge in [-0.05, 0) is 37.1 Å². The van der Waals surface area contributed by atoms with E-state index in [9.17, 15) is 4.79 Å². The summed E-state index contributed by atoms with van der Waals surface area (Å²) >= 11 is 1.59. The lowest BCUT2D eigenvalue weighted by Gasteiger charge is -2.06. The van der Waals surface area contributed by atoms with E-state index >= 15 is 0 Å². The molecule has 2 N–H and O–H groups in total. The Bertz CT molecular complexity index is 893. The molecule has 2 aromatic heterocycles. The molecule has 0 unspecified atom stereocenters. The predicted molar refractivity (Wildman–Crippen MR) is 92.8 cm³/mol. The van der Waals surface area contributed by atoms with E-state index in [0.717, 1.165) is 6.42 Å². The number of thioether (sulfide) groups is 1. The number of hydrogen-bond acceptors (Lipinski definition) is 5. The van der Waals surface area contributed by atoms with Crippen LogP contribution in [0.1, 0.15) is 11.1 Å². The quantitative estimate of drug-likeness (QED) is 0.768. The molecule has 0 spiro atoms. The van der Waals surface area contributed by atoms with E-state index in [0.29, 0.717) is 11.5 Å². The normalized spacial score (nSPS) is 16.0. The molecule has 1 aliphatic rings. The number of aromatic amines is 1. The van der Waals surface area contributed by atoms with Crippen molar-refractivity contribution in [2.45, 2.75) is 23.5 Å². The maximum absolute atomic E-state index is 12.5. The number of H-pyrrole nitrogens is 1. The molecule has 24 heavy (non-hydrogen) atoms. The minimum absolute atomic E-state index is 0.0829. The monoisotopic (exact) mass is 337 g/mol. The molecule has 0 aliphatic carbocycles. The molecular formula is C17H15N5OS. The summed E-state index contributed by atoms with van der Waals surface area (Å²) < 4.78 is 0. The molecule has 1 amide bonds. The number of carbonyl (C=O) groups is 1. The molecule has 4 rings (SSSR count). The number of fused-ring (bicyclic) bond motifs is 1. The number of aryl methyl sites for hydroxylation is 1. The van der Waals surface area contributed by atoms with Crippen LogP contribution in [0.4, 0.5) is 5.95 Å². The van der Waals surface area contributed by atoms with Gasteiger partial charge >= 0.3 is 0 Å². The first-order valence-electron chi connectivity index (χ1n) is 7.60. The van der Waals surface area contributed by atoms with Gasteiger partial charge in [0, 0.05) is 11.1 Å². The number of anilines is 1. The van der Waals surface area contributed by atoms with Crippen LogP contribution in [0.15, 0.2) is 47.5 Å². The van der Waals surface area contributed by atoms with Gasteiger partial charge in [-0.2, -0.15) is 4.98 Å². The molecule has 0 fully saturated rings. The van der Waals surface area contributed by atoms with Crippen LogP contribution in [0.25, 0.3) is 11.5 Å². The number of rotatable bonds is 3. The van der Waals surface area contributed by atoms with Gasteiger partial charge in [-0.3, -0.25) is 20.2 Å². The zero-order valence-electron chi connectivity index (χ0n) is 13.0. The lowest BCUT2D eigenvalue weighted by molar-refractivity contribution is -0.115. The van der Waals surface area contributed by atoms with E-state index in [1.54, 1.807) is 18.0 Å². The molecule has 120 valence electrons. The van der Waals surface area contributed by atoms with Crippen molar-refractivity contribution in [3.63, 3.8) is 0 Å². The van der Waals surface area contributed by atoms with E-state index in [1.807, 2.05) is 18.2 Å². The van der Waals surface area contributed by atoms with Crippen molar-refractivity contribution in [2.24, 2.45) is 0 Å². The van der Waals surface area contributed by atoms with Crippen molar-refractivity contribution in [1.29, 1.82) is 0 Å². The third-order valence-corrected chi connectivity index (χ3v) is 5.12. The van der Waals surface area contributed by atoms with E-state index in [4.69, 9.17) is 0 Å². The smallest absolute Gasteiger partial charge is 0.249 e. The average Bonchev–Trinajstić information content (AvgIpc) is 3.22. The van der Waals surface area contributed by atoms with Gasteiger partial charge < -0.3 is 0 Å². The molecular weight excluding hydrogens is 322 g/mol. The second-order valence-electron chi connectivity index (χ2n) is 5.63. The van der Waals surface area contributed by atoms with Gasteiger partial charge in [0.2, 0.25) is 11.9 Å². The first-order valence-corrected chi connectivity index (χ1v) is 8.48. The molecule has 1 aromatic carbocycles. The molecule has 0 radical (unpaired) electrons. The maximum Gasteiger partial charge on any atom is 0.249 e. The van der Waals surface area contributed by atoms with E-state index in [-0.39, 0.29) is 17.1 Å². The van der Waals surface area contributed by atoms with E-state index < -0.39 is 0 Å². The van der Waals surface area contributed by atoms with Crippen molar-refractivity contribution in [2.75, 3.05) is 5.32 Å². The summed E-state index contributed by atoms with van der Waals surface area (Å²) in [6.45, 7) is 2.06. The van der Waals surface area contributed by atoms with Crippen molar-refractivity contribution in [1.82, 2.24) is 20.2 Å². The molecule has 0 bridgehead atoms. The van der Waals surface area contributed by atoms with E-state index in [1.165, 1.54) is 16.0 Å². The van der Waals surface area contributed by atoms with Crippen molar-refractivity contribution in [3.8, 4) is 11.5 Å². The Labute approximate surface area is 143 Å². The van der Waals surface area contributed by atoms with Crippen LogP contribution in [-0.4, -0.2) is 31.3 Å². The fourth-order valence-electron chi connectivity index (χ4n) is 2.61. The number of pyridine rings is 1. The lowest BCUT2D eigenvalue weighted by atomic mass is 10.1. The molecule has 1 aliphatic heterocycles. The molecule has 0 saturated heterocycles. The predicted octanol–water partition coefficient (Wildman–Crippen LogP) is 2.83. The molecule has 0 saturated carbocycles. The summed E-state index contributed by atoms with van der Waals surface area (Å²) in [5.74, 6) is 0.720. The fourth-order valence-corrected chi connectivity index (χ4v) is 3.90. The van der Waals surface area contributed by atoms with Crippen molar-refractivity contribution >= 4 is 23.6 Å². The van der Waals surface area contributed by atoms with Crippen LogP contribution in [0.5, 0.6) is 0 Å². The number of aromatic nitrogens is 4. The van der Waals surface area contributed by atoms with Crippen LogP contribution in [0, 0.1) is 6.92 Å².